The molecule has 1 aromatic rings. The van der Waals surface area contributed by atoms with Crippen molar-refractivity contribution < 1.29 is 4.74 Å². The third-order valence-electron chi connectivity index (χ3n) is 2.88. The van der Waals surface area contributed by atoms with Gasteiger partial charge in [-0.25, -0.2) is 4.99 Å². The molecule has 2 N–H and O–H groups in total. The lowest BCUT2D eigenvalue weighted by Crippen LogP contribution is -2.41. The molecule has 2 rings (SSSR count). The molecule has 4 nitrogen and oxygen atoms in total. The zero-order valence-corrected chi connectivity index (χ0v) is 13.5. The predicted octanol–water partition coefficient (Wildman–Crippen LogP) is 2.74. The van der Waals surface area contributed by atoms with Gasteiger partial charge in [0.2, 0.25) is 0 Å². The Bertz CT molecular complexity index is 416. The monoisotopic (exact) mass is 345 g/mol. The van der Waals surface area contributed by atoms with Crippen molar-refractivity contribution >= 4 is 33.2 Å². The van der Waals surface area contributed by atoms with Gasteiger partial charge in [0.1, 0.15) is 0 Å². The molecule has 0 amide bonds. The van der Waals surface area contributed by atoms with Crippen molar-refractivity contribution in [1.29, 1.82) is 0 Å². The molecule has 1 saturated heterocycles. The summed E-state index contributed by atoms with van der Waals surface area (Å²) in [5.74, 6) is 0.863. The Hall–Kier alpha value is -0.590. The third kappa shape index (κ3) is 5.12. The fraction of sp³-hybridized carbons (Fsp3) is 0.615. The maximum atomic E-state index is 5.60. The van der Waals surface area contributed by atoms with Crippen molar-refractivity contribution in [3.05, 3.63) is 20.8 Å². The van der Waals surface area contributed by atoms with Crippen LogP contribution in [-0.4, -0.2) is 31.8 Å². The largest absolute Gasteiger partial charge is 0.376 e. The van der Waals surface area contributed by atoms with Gasteiger partial charge in [0.15, 0.2) is 5.96 Å². The predicted molar refractivity (Wildman–Crippen MR) is 83.8 cm³/mol. The second-order valence-electron chi connectivity index (χ2n) is 4.44. The Morgan fingerprint density at radius 3 is 3.11 bits per heavy atom. The quantitative estimate of drug-likeness (QED) is 0.637. The van der Waals surface area contributed by atoms with Crippen LogP contribution >= 0.6 is 27.3 Å². The number of rotatable bonds is 5. The van der Waals surface area contributed by atoms with Gasteiger partial charge >= 0.3 is 0 Å². The maximum absolute atomic E-state index is 5.60. The second kappa shape index (κ2) is 7.87. The van der Waals surface area contributed by atoms with Gasteiger partial charge in [-0.1, -0.05) is 0 Å². The first-order valence-electron chi connectivity index (χ1n) is 6.64. The molecule has 0 aromatic carbocycles. The maximum Gasteiger partial charge on any atom is 0.191 e. The van der Waals surface area contributed by atoms with Gasteiger partial charge in [-0.3, -0.25) is 0 Å². The highest BCUT2D eigenvalue weighted by atomic mass is 79.9. The summed E-state index contributed by atoms with van der Waals surface area (Å²) in [7, 11) is 0. The van der Waals surface area contributed by atoms with E-state index in [2.05, 4.69) is 49.9 Å². The Balaban J connectivity index is 1.83. The molecule has 0 saturated carbocycles. The minimum Gasteiger partial charge on any atom is -0.376 e. The number of guanidine groups is 1. The number of aliphatic imine (C=N–C) groups is 1. The average Bonchev–Trinajstić information content (AvgIpc) is 3.04. The van der Waals surface area contributed by atoms with Crippen LogP contribution in [0.4, 0.5) is 0 Å². The van der Waals surface area contributed by atoms with Crippen molar-refractivity contribution in [3.63, 3.8) is 0 Å². The molecule has 1 aliphatic rings. The van der Waals surface area contributed by atoms with Gasteiger partial charge in [-0.15, -0.1) is 11.3 Å². The topological polar surface area (TPSA) is 45.7 Å². The third-order valence-corrected chi connectivity index (χ3v) is 4.56. The van der Waals surface area contributed by atoms with Crippen LogP contribution < -0.4 is 10.6 Å². The number of thiophene rings is 1. The van der Waals surface area contributed by atoms with E-state index in [-0.39, 0.29) is 0 Å². The van der Waals surface area contributed by atoms with Crippen LogP contribution in [0.25, 0.3) is 0 Å². The molecule has 2 heterocycles. The summed E-state index contributed by atoms with van der Waals surface area (Å²) >= 11 is 5.18. The fourth-order valence-electron chi connectivity index (χ4n) is 1.95. The van der Waals surface area contributed by atoms with E-state index in [0.717, 1.165) is 36.5 Å². The Morgan fingerprint density at radius 1 is 1.58 bits per heavy atom. The van der Waals surface area contributed by atoms with Crippen molar-refractivity contribution in [2.45, 2.75) is 32.4 Å². The highest BCUT2D eigenvalue weighted by Crippen LogP contribution is 2.20. The number of hydrogen-bond acceptors (Lipinski definition) is 3. The normalized spacial score (nSPS) is 19.7. The van der Waals surface area contributed by atoms with E-state index < -0.39 is 0 Å². The van der Waals surface area contributed by atoms with Gasteiger partial charge in [0.25, 0.3) is 0 Å². The van der Waals surface area contributed by atoms with Crippen molar-refractivity contribution in [2.24, 2.45) is 4.99 Å². The minimum atomic E-state index is 0.333. The fourth-order valence-corrected chi connectivity index (χ4v) is 3.33. The van der Waals surface area contributed by atoms with E-state index >= 15 is 0 Å². The molecular formula is C13H20BrN3OS. The molecule has 0 radical (unpaired) electrons. The molecule has 0 bridgehead atoms. The van der Waals surface area contributed by atoms with Gasteiger partial charge in [0, 0.05) is 34.4 Å². The summed E-state index contributed by atoms with van der Waals surface area (Å²) in [5.41, 5.74) is 0. The van der Waals surface area contributed by atoms with Crippen LogP contribution in [-0.2, 0) is 11.3 Å². The number of nitrogens with one attached hydrogen (secondary N) is 2. The number of hydrogen-bond donors (Lipinski definition) is 2. The first kappa shape index (κ1) is 14.8. The molecular weight excluding hydrogens is 326 g/mol. The Labute approximate surface area is 126 Å². The summed E-state index contributed by atoms with van der Waals surface area (Å²) in [4.78, 5) is 5.84. The number of ether oxygens (including phenoxy) is 1. The van der Waals surface area contributed by atoms with Gasteiger partial charge in [-0.05, 0) is 41.8 Å². The van der Waals surface area contributed by atoms with Crippen molar-refractivity contribution in [2.75, 3.05) is 19.7 Å². The van der Waals surface area contributed by atoms with Gasteiger partial charge in [0.05, 0.1) is 12.6 Å². The van der Waals surface area contributed by atoms with Gasteiger partial charge < -0.3 is 15.4 Å². The highest BCUT2D eigenvalue weighted by molar-refractivity contribution is 9.10. The summed E-state index contributed by atoms with van der Waals surface area (Å²) < 4.78 is 6.72. The van der Waals surface area contributed by atoms with Crippen LogP contribution in [0, 0.1) is 0 Å². The molecule has 6 heteroatoms. The SMILES string of the molecule is CCNC(=NCc1cc(Br)cs1)NCC1CCCO1. The van der Waals surface area contributed by atoms with Crippen molar-refractivity contribution in [1.82, 2.24) is 10.6 Å². The van der Waals surface area contributed by atoms with E-state index in [9.17, 15) is 0 Å². The van der Waals surface area contributed by atoms with Gasteiger partial charge in [-0.2, -0.15) is 0 Å². The molecule has 106 valence electrons. The first-order chi connectivity index (χ1) is 9.28. The number of nitrogens with zero attached hydrogens (tertiary/aromatic N) is 1. The zero-order valence-electron chi connectivity index (χ0n) is 11.1. The number of halogens is 1. The standard InChI is InChI=1S/C13H20BrN3OS/c1-2-15-13(16-7-11-4-3-5-18-11)17-8-12-6-10(14)9-19-12/h6,9,11H,2-5,7-8H2,1H3,(H2,15,16,17). The van der Waals surface area contributed by atoms with Crippen LogP contribution in [0.15, 0.2) is 20.9 Å². The van der Waals surface area contributed by atoms with Crippen molar-refractivity contribution in [3.8, 4) is 0 Å². The van der Waals surface area contributed by atoms with Crippen LogP contribution in [0.2, 0.25) is 0 Å². The van der Waals surface area contributed by atoms with Crippen LogP contribution in [0.3, 0.4) is 0 Å². The van der Waals surface area contributed by atoms with E-state index in [1.807, 2.05) is 0 Å². The molecule has 1 aliphatic heterocycles. The molecule has 0 aliphatic carbocycles. The summed E-state index contributed by atoms with van der Waals surface area (Å²) in [6.07, 6.45) is 2.65. The second-order valence-corrected chi connectivity index (χ2v) is 6.35. The van der Waals surface area contributed by atoms with E-state index in [1.54, 1.807) is 11.3 Å². The minimum absolute atomic E-state index is 0.333. The first-order valence-corrected chi connectivity index (χ1v) is 8.32. The smallest absolute Gasteiger partial charge is 0.191 e. The van der Waals surface area contributed by atoms with Crippen LogP contribution in [0.1, 0.15) is 24.6 Å². The van der Waals surface area contributed by atoms with E-state index in [4.69, 9.17) is 4.74 Å². The van der Waals surface area contributed by atoms with E-state index in [1.165, 1.54) is 11.3 Å². The zero-order chi connectivity index (χ0) is 13.5. The molecule has 0 spiro atoms. The Kier molecular flexibility index (Phi) is 6.13. The van der Waals surface area contributed by atoms with Crippen LogP contribution in [0.5, 0.6) is 0 Å². The average molecular weight is 346 g/mol. The Morgan fingerprint density at radius 2 is 2.47 bits per heavy atom. The highest BCUT2D eigenvalue weighted by Gasteiger charge is 2.15. The molecule has 1 fully saturated rings. The molecule has 1 unspecified atom stereocenters. The van der Waals surface area contributed by atoms with E-state index in [0.29, 0.717) is 12.6 Å². The summed E-state index contributed by atoms with van der Waals surface area (Å²) in [5, 5.41) is 8.69. The molecule has 1 atom stereocenters. The molecule has 1 aromatic heterocycles. The lowest BCUT2D eigenvalue weighted by Gasteiger charge is -2.14. The molecule has 19 heavy (non-hydrogen) atoms. The summed E-state index contributed by atoms with van der Waals surface area (Å²) in [6.45, 7) is 5.37. The lowest BCUT2D eigenvalue weighted by atomic mass is 10.2. The lowest BCUT2D eigenvalue weighted by molar-refractivity contribution is 0.114. The summed E-state index contributed by atoms with van der Waals surface area (Å²) in [6, 6.07) is 2.11.